The van der Waals surface area contributed by atoms with E-state index in [4.69, 9.17) is 28.6 Å². The van der Waals surface area contributed by atoms with E-state index in [9.17, 15) is 9.18 Å². The minimum absolute atomic E-state index is 0.146. The molecule has 0 bridgehead atoms. The lowest BCUT2D eigenvalue weighted by Crippen LogP contribution is -2.22. The lowest BCUT2D eigenvalue weighted by Gasteiger charge is -2.12. The second-order valence-electron chi connectivity index (χ2n) is 7.68. The summed E-state index contributed by atoms with van der Waals surface area (Å²) in [5.74, 6) is -0.931. The van der Waals surface area contributed by atoms with Crippen molar-refractivity contribution in [2.45, 2.75) is 53.8 Å². The minimum Gasteiger partial charge on any atom is -0.458 e. The zero-order chi connectivity index (χ0) is 24.3. The fourth-order valence-electron chi connectivity index (χ4n) is 3.23. The van der Waals surface area contributed by atoms with Gasteiger partial charge in [-0.1, -0.05) is 17.7 Å². The highest BCUT2D eigenvalue weighted by Crippen LogP contribution is 2.25. The predicted octanol–water partition coefficient (Wildman–Crippen LogP) is 4.93. The Morgan fingerprint density at radius 2 is 2.00 bits per heavy atom. The van der Waals surface area contributed by atoms with Crippen LogP contribution in [0.25, 0.3) is 0 Å². The second kappa shape index (κ2) is 10.3. The molecule has 11 heteroatoms. The van der Waals surface area contributed by atoms with Crippen LogP contribution in [0.2, 0.25) is 5.02 Å². The molecule has 3 rings (SSSR count). The van der Waals surface area contributed by atoms with E-state index in [1.807, 2.05) is 20.8 Å². The Morgan fingerprint density at radius 3 is 2.64 bits per heavy atom. The van der Waals surface area contributed by atoms with Gasteiger partial charge in [0.05, 0.1) is 35.4 Å². The molecule has 0 atom stereocenters. The molecule has 0 amide bonds. The Morgan fingerprint density at radius 1 is 1.27 bits per heavy atom. The molecule has 3 aromatic rings. The summed E-state index contributed by atoms with van der Waals surface area (Å²) < 4.78 is 22.8. The van der Waals surface area contributed by atoms with Crippen molar-refractivity contribution in [3.8, 4) is 0 Å². The van der Waals surface area contributed by atoms with Gasteiger partial charge in [-0.2, -0.15) is 10.2 Å². The molecule has 2 aromatic heterocycles. The maximum atomic E-state index is 14.2. The molecule has 1 aromatic carbocycles. The molecule has 0 saturated heterocycles. The molecule has 2 N–H and O–H groups in total. The molecule has 0 fully saturated rings. The number of nitrogens with zero attached hydrogens (tertiary/aromatic N) is 4. The Labute approximate surface area is 202 Å². The van der Waals surface area contributed by atoms with Crippen molar-refractivity contribution in [2.24, 2.45) is 0 Å². The Balaban J connectivity index is 1.79. The smallest absolute Gasteiger partial charge is 0.361 e. The Kier molecular flexibility index (Phi) is 7.70. The molecule has 0 aliphatic rings. The summed E-state index contributed by atoms with van der Waals surface area (Å²) >= 11 is 11.6. The van der Waals surface area contributed by atoms with Gasteiger partial charge >= 0.3 is 5.97 Å². The molecule has 8 nitrogen and oxygen atoms in total. The summed E-state index contributed by atoms with van der Waals surface area (Å²) in [7, 11) is 0. The largest absolute Gasteiger partial charge is 0.458 e. The number of ether oxygens (including phenoxy) is 1. The van der Waals surface area contributed by atoms with Gasteiger partial charge in [0.25, 0.3) is 0 Å². The number of benzene rings is 1. The van der Waals surface area contributed by atoms with Crippen LogP contribution in [0.1, 0.15) is 48.2 Å². The molecule has 0 aliphatic heterocycles. The van der Waals surface area contributed by atoms with Gasteiger partial charge in [0.1, 0.15) is 5.82 Å². The van der Waals surface area contributed by atoms with Gasteiger partial charge in [0.2, 0.25) is 0 Å². The summed E-state index contributed by atoms with van der Waals surface area (Å²) in [6.45, 7) is 9.87. The van der Waals surface area contributed by atoms with Crippen molar-refractivity contribution in [1.29, 1.82) is 0 Å². The molecule has 0 radical (unpaired) electrons. The van der Waals surface area contributed by atoms with E-state index in [0.717, 1.165) is 5.69 Å². The zero-order valence-corrected chi connectivity index (χ0v) is 20.6. The van der Waals surface area contributed by atoms with Crippen molar-refractivity contribution in [3.05, 3.63) is 57.9 Å². The number of hydrogen-bond donors (Lipinski definition) is 2. The molecule has 0 unspecified atom stereocenters. The second-order valence-corrected chi connectivity index (χ2v) is 8.50. The van der Waals surface area contributed by atoms with Crippen LogP contribution in [-0.2, 0) is 17.8 Å². The number of nitrogens with one attached hydrogen (secondary N) is 2. The minimum atomic E-state index is -0.538. The summed E-state index contributed by atoms with van der Waals surface area (Å²) in [6.07, 6.45) is 1.41. The normalized spacial score (nSPS) is 11.0. The molecular weight excluding hydrogens is 467 g/mol. The first-order valence-electron chi connectivity index (χ1n) is 10.4. The molecule has 0 spiro atoms. The lowest BCUT2D eigenvalue weighted by molar-refractivity contribution is 0.0371. The zero-order valence-electron chi connectivity index (χ0n) is 19.1. The monoisotopic (exact) mass is 492 g/mol. The van der Waals surface area contributed by atoms with Gasteiger partial charge < -0.3 is 15.4 Å². The van der Waals surface area contributed by atoms with Gasteiger partial charge in [-0.3, -0.25) is 9.36 Å². The van der Waals surface area contributed by atoms with Gasteiger partial charge in [-0.15, -0.1) is 0 Å². The first kappa shape index (κ1) is 24.7. The topological polar surface area (TPSA) is 86.0 Å². The van der Waals surface area contributed by atoms with E-state index >= 15 is 0 Å². The average Bonchev–Trinajstić information content (AvgIpc) is 3.26. The maximum Gasteiger partial charge on any atom is 0.361 e. The van der Waals surface area contributed by atoms with E-state index in [1.165, 1.54) is 6.07 Å². The molecule has 2 heterocycles. The lowest BCUT2D eigenvalue weighted by atomic mass is 10.2. The third-order valence-electron chi connectivity index (χ3n) is 4.86. The van der Waals surface area contributed by atoms with E-state index < -0.39 is 11.8 Å². The predicted molar refractivity (Wildman–Crippen MR) is 131 cm³/mol. The SMILES string of the molecule is CCn1cc(NC(=S)Nc2c(C)nn(Cc3c(F)cccc3Cl)c2C)c(C(=O)OC(C)C)n1. The van der Waals surface area contributed by atoms with E-state index in [1.54, 1.807) is 41.5 Å². The molecule has 33 heavy (non-hydrogen) atoms. The van der Waals surface area contributed by atoms with Crippen molar-refractivity contribution in [3.63, 3.8) is 0 Å². The fourth-order valence-corrected chi connectivity index (χ4v) is 3.66. The van der Waals surface area contributed by atoms with Crippen LogP contribution in [0.15, 0.2) is 24.4 Å². The fraction of sp³-hybridized carbons (Fsp3) is 0.364. The Hall–Kier alpha value is -2.98. The maximum absolute atomic E-state index is 14.2. The van der Waals surface area contributed by atoms with E-state index in [2.05, 4.69) is 20.8 Å². The third kappa shape index (κ3) is 5.69. The number of aryl methyl sites for hydroxylation is 2. The number of esters is 1. The van der Waals surface area contributed by atoms with Gasteiger partial charge in [0, 0.05) is 23.3 Å². The van der Waals surface area contributed by atoms with Crippen LogP contribution >= 0.6 is 23.8 Å². The Bertz CT molecular complexity index is 1170. The molecular formula is C22H26ClFN6O2S. The first-order valence-corrected chi connectivity index (χ1v) is 11.2. The van der Waals surface area contributed by atoms with Crippen LogP contribution < -0.4 is 10.6 Å². The highest BCUT2D eigenvalue weighted by molar-refractivity contribution is 7.80. The number of anilines is 2. The third-order valence-corrected chi connectivity index (χ3v) is 5.42. The van der Waals surface area contributed by atoms with E-state index in [-0.39, 0.29) is 23.5 Å². The summed E-state index contributed by atoms with van der Waals surface area (Å²) in [5.41, 5.74) is 3.03. The number of carbonyl (C=O) groups is 1. The van der Waals surface area contributed by atoms with Crippen molar-refractivity contribution < 1.29 is 13.9 Å². The average molecular weight is 493 g/mol. The van der Waals surface area contributed by atoms with E-state index in [0.29, 0.717) is 34.2 Å². The summed E-state index contributed by atoms with van der Waals surface area (Å²) in [4.78, 5) is 12.4. The van der Waals surface area contributed by atoms with Crippen LogP contribution in [0, 0.1) is 19.7 Å². The number of thiocarbonyl (C=S) groups is 1. The highest BCUT2D eigenvalue weighted by atomic mass is 35.5. The van der Waals surface area contributed by atoms with Crippen LogP contribution in [0.3, 0.4) is 0 Å². The van der Waals surface area contributed by atoms with Crippen LogP contribution in [0.4, 0.5) is 15.8 Å². The molecule has 0 aliphatic carbocycles. The standard InChI is InChI=1S/C22H26ClFN6O2S/c1-6-29-11-18(20(28-29)21(31)32-12(2)3)25-22(33)26-19-13(4)27-30(14(19)5)10-15-16(23)8-7-9-17(15)24/h7-9,11-12H,6,10H2,1-5H3,(H2,25,26,33). The number of halogens is 2. The number of hydrogen-bond acceptors (Lipinski definition) is 5. The number of aromatic nitrogens is 4. The van der Waals surface area contributed by atoms with Gasteiger partial charge in [0.15, 0.2) is 10.8 Å². The van der Waals surface area contributed by atoms with Crippen molar-refractivity contribution in [1.82, 2.24) is 19.6 Å². The van der Waals surface area contributed by atoms with Crippen LogP contribution in [-0.4, -0.2) is 36.7 Å². The quantitative estimate of drug-likeness (QED) is 0.357. The first-order chi connectivity index (χ1) is 15.6. The highest BCUT2D eigenvalue weighted by Gasteiger charge is 2.21. The van der Waals surface area contributed by atoms with Crippen molar-refractivity contribution >= 4 is 46.3 Å². The van der Waals surface area contributed by atoms with Crippen molar-refractivity contribution in [2.75, 3.05) is 10.6 Å². The van der Waals surface area contributed by atoms with Crippen LogP contribution in [0.5, 0.6) is 0 Å². The number of carbonyl (C=O) groups excluding carboxylic acids is 1. The molecule has 176 valence electrons. The number of rotatable bonds is 7. The molecule has 0 saturated carbocycles. The summed E-state index contributed by atoms with van der Waals surface area (Å²) in [6, 6.07) is 4.57. The van der Waals surface area contributed by atoms with Gasteiger partial charge in [-0.05, 0) is 59.0 Å². The summed E-state index contributed by atoms with van der Waals surface area (Å²) in [5, 5.41) is 15.5. The van der Waals surface area contributed by atoms with Gasteiger partial charge in [-0.25, -0.2) is 9.18 Å².